The molecule has 1 aromatic heterocycles. The Morgan fingerprint density at radius 1 is 1.24 bits per heavy atom. The van der Waals surface area contributed by atoms with Gasteiger partial charge in [-0.05, 0) is 64.0 Å². The fraction of sp³-hybridized carbons (Fsp3) is 0.682. The molecule has 1 aromatic rings. The number of aliphatic imine (C=N–C) groups is 1. The Labute approximate surface area is 174 Å². The molecule has 1 saturated heterocycles. The highest BCUT2D eigenvalue weighted by Gasteiger charge is 2.21. The third kappa shape index (κ3) is 7.22. The number of carbonyl (C=O) groups excluding carboxylic acids is 1. The average molecular weight is 402 g/mol. The van der Waals surface area contributed by atoms with E-state index in [1.807, 2.05) is 18.3 Å². The van der Waals surface area contributed by atoms with Crippen molar-refractivity contribution in [3.05, 3.63) is 24.4 Å². The number of aromatic nitrogens is 1. The van der Waals surface area contributed by atoms with Crippen LogP contribution < -0.4 is 15.5 Å². The SMILES string of the molecule is CCNC(=NCCCC(=O)OC1CCCC1)NC1CCN(c2ccccn2)CC1. The number of ether oxygens (including phenoxy) is 1. The Kier molecular flexibility index (Phi) is 8.58. The number of hydrogen-bond donors (Lipinski definition) is 2. The zero-order chi connectivity index (χ0) is 20.3. The summed E-state index contributed by atoms with van der Waals surface area (Å²) in [7, 11) is 0. The molecule has 2 fully saturated rings. The molecule has 1 saturated carbocycles. The molecule has 0 aromatic carbocycles. The standard InChI is InChI=1S/C22H35N5O2/c1-2-23-22(25-15-7-11-21(28)29-19-8-3-4-9-19)26-18-12-16-27(17-13-18)20-10-5-6-14-24-20/h5-6,10,14,18-19H,2-4,7-9,11-13,15-17H2,1H3,(H2,23,25,26). The minimum Gasteiger partial charge on any atom is -0.462 e. The summed E-state index contributed by atoms with van der Waals surface area (Å²) < 4.78 is 5.51. The van der Waals surface area contributed by atoms with E-state index >= 15 is 0 Å². The molecule has 29 heavy (non-hydrogen) atoms. The third-order valence-electron chi connectivity index (χ3n) is 5.56. The number of guanidine groups is 1. The summed E-state index contributed by atoms with van der Waals surface area (Å²) in [5.74, 6) is 1.82. The van der Waals surface area contributed by atoms with E-state index in [1.54, 1.807) is 0 Å². The van der Waals surface area contributed by atoms with Gasteiger partial charge >= 0.3 is 5.97 Å². The van der Waals surface area contributed by atoms with Gasteiger partial charge in [-0.15, -0.1) is 0 Å². The van der Waals surface area contributed by atoms with Gasteiger partial charge in [-0.1, -0.05) is 6.07 Å². The predicted octanol–water partition coefficient (Wildman–Crippen LogP) is 2.87. The number of rotatable bonds is 8. The van der Waals surface area contributed by atoms with Crippen molar-refractivity contribution in [2.45, 2.75) is 70.4 Å². The molecule has 0 spiro atoms. The summed E-state index contributed by atoms with van der Waals surface area (Å²) in [6.45, 7) is 5.49. The van der Waals surface area contributed by atoms with Crippen LogP contribution in [0.25, 0.3) is 0 Å². The van der Waals surface area contributed by atoms with Gasteiger partial charge in [-0.25, -0.2) is 4.98 Å². The van der Waals surface area contributed by atoms with E-state index in [0.29, 0.717) is 19.0 Å². The quantitative estimate of drug-likeness (QED) is 0.302. The molecule has 1 aliphatic carbocycles. The zero-order valence-electron chi connectivity index (χ0n) is 17.6. The number of nitrogens with one attached hydrogen (secondary N) is 2. The minimum atomic E-state index is -0.0769. The van der Waals surface area contributed by atoms with Crippen LogP contribution in [0, 0.1) is 0 Å². The van der Waals surface area contributed by atoms with Gasteiger partial charge in [0.05, 0.1) is 0 Å². The molecular weight excluding hydrogens is 366 g/mol. The molecule has 2 heterocycles. The highest BCUT2D eigenvalue weighted by molar-refractivity contribution is 5.80. The molecule has 3 rings (SSSR count). The van der Waals surface area contributed by atoms with E-state index in [1.165, 1.54) is 12.8 Å². The number of piperidine rings is 1. The lowest BCUT2D eigenvalue weighted by Crippen LogP contribution is -2.49. The molecule has 160 valence electrons. The second kappa shape index (κ2) is 11.6. The van der Waals surface area contributed by atoms with E-state index in [0.717, 1.165) is 63.5 Å². The number of hydrogen-bond acceptors (Lipinski definition) is 5. The van der Waals surface area contributed by atoms with Gasteiger partial charge in [-0.3, -0.25) is 9.79 Å². The summed E-state index contributed by atoms with van der Waals surface area (Å²) in [5.41, 5.74) is 0. The molecule has 7 heteroatoms. The minimum absolute atomic E-state index is 0.0769. The second-order valence-electron chi connectivity index (χ2n) is 7.85. The maximum Gasteiger partial charge on any atom is 0.306 e. The van der Waals surface area contributed by atoms with Crippen LogP contribution in [0.3, 0.4) is 0 Å². The second-order valence-corrected chi connectivity index (χ2v) is 7.85. The van der Waals surface area contributed by atoms with Crippen molar-refractivity contribution >= 4 is 17.7 Å². The molecule has 2 N–H and O–H groups in total. The van der Waals surface area contributed by atoms with Gasteiger partial charge in [0.1, 0.15) is 11.9 Å². The maximum atomic E-state index is 11.9. The first-order valence-electron chi connectivity index (χ1n) is 11.1. The highest BCUT2D eigenvalue weighted by Crippen LogP contribution is 2.21. The van der Waals surface area contributed by atoms with Crippen molar-refractivity contribution in [1.82, 2.24) is 15.6 Å². The van der Waals surface area contributed by atoms with Gasteiger partial charge in [0.25, 0.3) is 0 Å². The monoisotopic (exact) mass is 401 g/mol. The molecule has 0 bridgehead atoms. The summed E-state index contributed by atoms with van der Waals surface area (Å²) in [4.78, 5) is 23.3. The van der Waals surface area contributed by atoms with E-state index in [4.69, 9.17) is 4.74 Å². The van der Waals surface area contributed by atoms with Crippen molar-refractivity contribution in [2.24, 2.45) is 4.99 Å². The Morgan fingerprint density at radius 2 is 2.03 bits per heavy atom. The molecule has 0 amide bonds. The van der Waals surface area contributed by atoms with E-state index < -0.39 is 0 Å². The topological polar surface area (TPSA) is 78.8 Å². The van der Waals surface area contributed by atoms with Gasteiger partial charge in [0, 0.05) is 44.8 Å². The lowest BCUT2D eigenvalue weighted by molar-refractivity contribution is -0.148. The molecule has 0 unspecified atom stereocenters. The number of carbonyl (C=O) groups is 1. The Bertz CT molecular complexity index is 638. The Hall–Kier alpha value is -2.31. The normalized spacial score (nSPS) is 18.7. The molecule has 7 nitrogen and oxygen atoms in total. The fourth-order valence-corrected chi connectivity index (χ4v) is 3.97. The summed E-state index contributed by atoms with van der Waals surface area (Å²) in [6, 6.07) is 6.45. The van der Waals surface area contributed by atoms with Crippen LogP contribution in [0.5, 0.6) is 0 Å². The highest BCUT2D eigenvalue weighted by atomic mass is 16.5. The van der Waals surface area contributed by atoms with E-state index in [2.05, 4.69) is 38.5 Å². The van der Waals surface area contributed by atoms with Crippen molar-refractivity contribution in [3.63, 3.8) is 0 Å². The van der Waals surface area contributed by atoms with Crippen LogP contribution >= 0.6 is 0 Å². The third-order valence-corrected chi connectivity index (χ3v) is 5.56. The molecule has 0 radical (unpaired) electrons. The van der Waals surface area contributed by atoms with Crippen LogP contribution in [-0.2, 0) is 9.53 Å². The van der Waals surface area contributed by atoms with Gasteiger partial charge in [0.2, 0.25) is 0 Å². The molecule has 1 aliphatic heterocycles. The first-order valence-corrected chi connectivity index (χ1v) is 11.1. The van der Waals surface area contributed by atoms with Crippen LogP contribution in [0.2, 0.25) is 0 Å². The van der Waals surface area contributed by atoms with Crippen molar-refractivity contribution in [2.75, 3.05) is 31.1 Å². The van der Waals surface area contributed by atoms with Crippen LogP contribution in [0.15, 0.2) is 29.4 Å². The first kappa shape index (κ1) is 21.4. The molecular formula is C22H35N5O2. The van der Waals surface area contributed by atoms with Gasteiger partial charge in [0.15, 0.2) is 5.96 Å². The van der Waals surface area contributed by atoms with E-state index in [9.17, 15) is 4.79 Å². The van der Waals surface area contributed by atoms with Crippen molar-refractivity contribution in [3.8, 4) is 0 Å². The largest absolute Gasteiger partial charge is 0.462 e. The van der Waals surface area contributed by atoms with Crippen LogP contribution in [0.1, 0.15) is 58.3 Å². The summed E-state index contributed by atoms with van der Waals surface area (Å²) in [5, 5.41) is 6.87. The lowest BCUT2D eigenvalue weighted by atomic mass is 10.1. The maximum absolute atomic E-state index is 11.9. The van der Waals surface area contributed by atoms with Crippen molar-refractivity contribution < 1.29 is 9.53 Å². The Balaban J connectivity index is 1.37. The zero-order valence-corrected chi connectivity index (χ0v) is 17.6. The van der Waals surface area contributed by atoms with E-state index in [-0.39, 0.29) is 12.1 Å². The van der Waals surface area contributed by atoms with Crippen molar-refractivity contribution in [1.29, 1.82) is 0 Å². The number of pyridine rings is 1. The Morgan fingerprint density at radius 3 is 2.72 bits per heavy atom. The van der Waals surface area contributed by atoms with Gasteiger partial charge in [-0.2, -0.15) is 0 Å². The predicted molar refractivity (Wildman–Crippen MR) is 116 cm³/mol. The van der Waals surface area contributed by atoms with Crippen LogP contribution in [-0.4, -0.2) is 55.2 Å². The average Bonchev–Trinajstić information content (AvgIpc) is 3.25. The molecule has 0 atom stereocenters. The fourth-order valence-electron chi connectivity index (χ4n) is 3.97. The lowest BCUT2D eigenvalue weighted by Gasteiger charge is -2.33. The number of esters is 1. The molecule has 2 aliphatic rings. The van der Waals surface area contributed by atoms with Crippen LogP contribution in [0.4, 0.5) is 5.82 Å². The first-order chi connectivity index (χ1) is 14.2. The summed E-state index contributed by atoms with van der Waals surface area (Å²) in [6.07, 6.45) is 9.68. The van der Waals surface area contributed by atoms with Gasteiger partial charge < -0.3 is 20.3 Å². The number of anilines is 1. The number of nitrogens with zero attached hydrogens (tertiary/aromatic N) is 3. The smallest absolute Gasteiger partial charge is 0.306 e. The summed E-state index contributed by atoms with van der Waals surface area (Å²) >= 11 is 0.